The molecule has 0 spiro atoms. The number of carbonyl (C=O) groups is 2. The Morgan fingerprint density at radius 3 is 1.36 bits per heavy atom. The molecule has 4 aromatic heterocycles. The Kier molecular flexibility index (Phi) is 14.9. The van der Waals surface area contributed by atoms with Gasteiger partial charge in [0.15, 0.2) is 51.4 Å². The molecule has 2 aliphatic heterocycles. The van der Waals surface area contributed by atoms with Crippen LogP contribution >= 0.6 is 8.25 Å². The summed E-state index contributed by atoms with van der Waals surface area (Å²) >= 11 is 0. The fourth-order valence-electron chi connectivity index (χ4n) is 6.84. The van der Waals surface area contributed by atoms with Gasteiger partial charge in [-0.3, -0.25) is 62.5 Å². The molecule has 0 saturated carbocycles. The van der Waals surface area contributed by atoms with E-state index in [2.05, 4.69) is 40.5 Å². The van der Waals surface area contributed by atoms with E-state index in [-0.39, 0.29) is 44.3 Å². The largest absolute Gasteiger partial charge is 0.408 e. The molecule has 2 aliphatic rings. The summed E-state index contributed by atoms with van der Waals surface area (Å²) in [6.45, 7) is 25.8. The fourth-order valence-corrected chi connectivity index (χ4v) is 10.5. The Bertz CT molecular complexity index is 2390. The molecule has 0 bridgehead atoms. The number of imidazole rings is 2. The molecule has 6 heterocycles. The first-order chi connectivity index (χ1) is 30.6. The molecule has 2 fully saturated rings. The zero-order chi connectivity index (χ0) is 49.0. The van der Waals surface area contributed by atoms with Crippen molar-refractivity contribution in [2.24, 2.45) is 11.8 Å². The van der Waals surface area contributed by atoms with Gasteiger partial charge in [0.1, 0.15) is 36.6 Å². The molecule has 6 N–H and O–H groups in total. The summed E-state index contributed by atoms with van der Waals surface area (Å²) in [5, 5.41) is 26.1. The smallest absolute Gasteiger partial charge is 0.320 e. The molecule has 0 aliphatic carbocycles. The van der Waals surface area contributed by atoms with Crippen molar-refractivity contribution in [3.63, 3.8) is 0 Å². The van der Waals surface area contributed by atoms with Crippen LogP contribution < -0.4 is 21.8 Å². The zero-order valence-corrected chi connectivity index (χ0v) is 42.9. The van der Waals surface area contributed by atoms with Crippen LogP contribution in [-0.4, -0.2) is 128 Å². The van der Waals surface area contributed by atoms with Crippen LogP contribution in [0.2, 0.25) is 36.3 Å². The summed E-state index contributed by atoms with van der Waals surface area (Å²) in [6, 6.07) is 0. The second kappa shape index (κ2) is 19.2. The van der Waals surface area contributed by atoms with E-state index in [1.165, 1.54) is 21.8 Å². The van der Waals surface area contributed by atoms with Crippen LogP contribution in [-0.2, 0) is 41.5 Å². The van der Waals surface area contributed by atoms with Gasteiger partial charge < -0.3 is 28.5 Å². The van der Waals surface area contributed by atoms with E-state index in [0.717, 1.165) is 0 Å². The molecule has 2 saturated heterocycles. The van der Waals surface area contributed by atoms with Crippen molar-refractivity contribution in [1.82, 2.24) is 39.0 Å². The summed E-state index contributed by atoms with van der Waals surface area (Å²) in [5.74, 6) is -1.98. The van der Waals surface area contributed by atoms with Crippen LogP contribution in [0.5, 0.6) is 0 Å². The van der Waals surface area contributed by atoms with Gasteiger partial charge in [-0.05, 0) is 36.3 Å². The summed E-state index contributed by atoms with van der Waals surface area (Å²) in [7, 11) is -9.20. The van der Waals surface area contributed by atoms with Gasteiger partial charge in [0.25, 0.3) is 11.1 Å². The molecule has 0 radical (unpaired) electrons. The van der Waals surface area contributed by atoms with Gasteiger partial charge in [0, 0.05) is 11.8 Å². The number of anilines is 2. The summed E-state index contributed by atoms with van der Waals surface area (Å²) in [5.41, 5.74) is -1.55. The standard InChI is InChI=1S/C40H65N10O13PSi2/c1-19(2)31(53)45-37-43-29-23(33(55)47-37)41-17-49(29)35-27(25(21(15-51)58-35)62-65(11,12)39(5,6)7)60-64(57)61-28-26(63-66(13,14)40(8,9)10)22(16-52)59-36(28)50-18-42-24-30(50)44-38(48-34(24)56)46-32(54)20(3)4/h17-22,25-28,35-36,51-52,64H,15-16H2,1-14H3,(H2,43,45,47,53,55)(H2,44,46,48,54,56)/t21-,22-,25-,26-,27-,28-,35-,36-/m1/s1. The lowest BCUT2D eigenvalue weighted by molar-refractivity contribution is -0.119. The number of rotatable bonds is 16. The highest BCUT2D eigenvalue weighted by Gasteiger charge is 2.55. The van der Waals surface area contributed by atoms with E-state index < -0.39 is 122 Å². The second-order valence-electron chi connectivity index (χ2n) is 20.4. The van der Waals surface area contributed by atoms with Crippen LogP contribution in [0.15, 0.2) is 22.2 Å². The first-order valence-electron chi connectivity index (χ1n) is 21.9. The molecule has 8 atom stereocenters. The van der Waals surface area contributed by atoms with Crippen molar-refractivity contribution in [3.05, 3.63) is 33.4 Å². The van der Waals surface area contributed by atoms with Crippen molar-refractivity contribution >= 4 is 70.9 Å². The lowest BCUT2D eigenvalue weighted by Crippen LogP contribution is -2.50. The van der Waals surface area contributed by atoms with Crippen LogP contribution in [0.25, 0.3) is 22.3 Å². The van der Waals surface area contributed by atoms with Crippen molar-refractivity contribution in [3.8, 4) is 0 Å². The number of hydrogen-bond donors (Lipinski definition) is 6. The van der Waals surface area contributed by atoms with Gasteiger partial charge in [0.05, 0.1) is 25.9 Å². The average molecular weight is 981 g/mol. The molecular weight excluding hydrogens is 916 g/mol. The van der Waals surface area contributed by atoms with E-state index in [9.17, 15) is 34.0 Å². The number of carbonyl (C=O) groups excluding carboxylic acids is 2. The number of aromatic amines is 2. The SMILES string of the molecule is CC(C)C(=O)Nc1nc2c(ncn2[C@@H]2O[C@H](CO)[C@@H](O[Si](C)(C)C(C)(C)C)[C@H]2O[PH](=O)O[C@@H]2[C@H](O[Si](C)(C)C(C)(C)C)[C@@H](CO)O[C@H]2n2cnc3c(=O)[nH]c(NC(=O)C(C)C)nc32)c(=O)[nH]1. The third-order valence-corrected chi connectivity index (χ3v) is 22.7. The van der Waals surface area contributed by atoms with Crippen LogP contribution in [0.4, 0.5) is 11.9 Å². The Labute approximate surface area is 384 Å². The first-order valence-corrected chi connectivity index (χ1v) is 28.9. The van der Waals surface area contributed by atoms with Crippen molar-refractivity contribution in [2.45, 2.75) is 155 Å². The summed E-state index contributed by atoms with van der Waals surface area (Å²) in [6.07, 6.45) is -6.84. The van der Waals surface area contributed by atoms with Gasteiger partial charge in [-0.15, -0.1) is 0 Å². The minimum absolute atomic E-state index is 0.0158. The van der Waals surface area contributed by atoms with Crippen molar-refractivity contribution < 1.29 is 51.7 Å². The van der Waals surface area contributed by atoms with Gasteiger partial charge in [0.2, 0.25) is 23.7 Å². The maximum atomic E-state index is 14.8. The number of fused-ring (bicyclic) bond motifs is 2. The van der Waals surface area contributed by atoms with Crippen molar-refractivity contribution in [2.75, 3.05) is 23.8 Å². The Hall–Kier alpha value is -4.02. The minimum atomic E-state index is -3.76. The third kappa shape index (κ3) is 10.4. The quantitative estimate of drug-likeness (QED) is 0.0678. The maximum absolute atomic E-state index is 14.8. The third-order valence-electron chi connectivity index (χ3n) is 12.8. The first kappa shape index (κ1) is 51.4. The van der Waals surface area contributed by atoms with Gasteiger partial charge in [-0.25, -0.2) is 9.97 Å². The second-order valence-corrected chi connectivity index (χ2v) is 30.8. The van der Waals surface area contributed by atoms with Gasteiger partial charge in [-0.2, -0.15) is 9.97 Å². The molecule has 23 nitrogen and oxygen atoms in total. The number of aromatic nitrogens is 8. The lowest BCUT2D eigenvalue weighted by Gasteiger charge is -2.41. The van der Waals surface area contributed by atoms with Gasteiger partial charge in [-0.1, -0.05) is 69.2 Å². The van der Waals surface area contributed by atoms with Crippen LogP contribution in [0.3, 0.4) is 0 Å². The highest BCUT2D eigenvalue weighted by Crippen LogP contribution is 2.49. The predicted octanol–water partition coefficient (Wildman–Crippen LogP) is 4.16. The van der Waals surface area contributed by atoms with Crippen LogP contribution in [0, 0.1) is 11.8 Å². The highest BCUT2D eigenvalue weighted by atomic mass is 31.1. The van der Waals surface area contributed by atoms with E-state index in [1.54, 1.807) is 27.7 Å². The lowest BCUT2D eigenvalue weighted by atomic mass is 10.1. The average Bonchev–Trinajstić information content (AvgIpc) is 3.98. The number of nitrogens with one attached hydrogen (secondary N) is 4. The molecule has 0 unspecified atom stereocenters. The van der Waals surface area contributed by atoms with Crippen molar-refractivity contribution in [1.29, 1.82) is 0 Å². The Balaban J connectivity index is 1.45. The number of aliphatic hydroxyl groups excluding tert-OH is 2. The molecule has 4 aromatic rings. The van der Waals surface area contributed by atoms with Crippen LogP contribution in [0.1, 0.15) is 81.7 Å². The van der Waals surface area contributed by atoms with E-state index in [0.29, 0.717) is 0 Å². The Morgan fingerprint density at radius 1 is 0.712 bits per heavy atom. The fraction of sp³-hybridized carbons (Fsp3) is 0.700. The zero-order valence-electron chi connectivity index (χ0n) is 39.9. The highest BCUT2D eigenvalue weighted by molar-refractivity contribution is 7.33. The monoisotopic (exact) mass is 980 g/mol. The molecule has 2 amide bonds. The molecule has 6 rings (SSSR count). The molecule has 66 heavy (non-hydrogen) atoms. The number of aliphatic hydroxyl groups is 2. The summed E-state index contributed by atoms with van der Waals surface area (Å²) < 4.78 is 57.1. The predicted molar refractivity (Wildman–Crippen MR) is 248 cm³/mol. The van der Waals surface area contributed by atoms with E-state index in [1.807, 2.05) is 67.7 Å². The summed E-state index contributed by atoms with van der Waals surface area (Å²) in [4.78, 5) is 74.4. The minimum Gasteiger partial charge on any atom is -0.408 e. The maximum Gasteiger partial charge on any atom is 0.320 e. The molecule has 26 heteroatoms. The number of amides is 2. The molecule has 0 aromatic carbocycles. The number of nitrogens with zero attached hydrogens (tertiary/aromatic N) is 6. The molecule has 366 valence electrons. The Morgan fingerprint density at radius 2 is 1.06 bits per heavy atom. The molecular formula is C40H65N10O13PSi2. The van der Waals surface area contributed by atoms with E-state index >= 15 is 0 Å². The normalized spacial score (nSPS) is 24.8. The number of hydrogen-bond acceptors (Lipinski definition) is 17. The van der Waals surface area contributed by atoms with Gasteiger partial charge >= 0.3 is 8.25 Å². The number of ether oxygens (including phenoxy) is 2. The number of H-pyrrole nitrogens is 2. The topological polar surface area (TPSA) is 298 Å². The van der Waals surface area contributed by atoms with E-state index in [4.69, 9.17) is 27.4 Å².